The zero-order chi connectivity index (χ0) is 17.2. The van der Waals surface area contributed by atoms with Gasteiger partial charge in [0.1, 0.15) is 6.61 Å². The van der Waals surface area contributed by atoms with Gasteiger partial charge in [0.2, 0.25) is 0 Å². The van der Waals surface area contributed by atoms with Crippen LogP contribution in [0.15, 0.2) is 72.8 Å². The molecule has 126 valence electrons. The highest BCUT2D eigenvalue weighted by Gasteiger charge is 2.44. The molecule has 3 aromatic carbocycles. The molecule has 2 heteroatoms. The predicted octanol–water partition coefficient (Wildman–Crippen LogP) is 5.32. The van der Waals surface area contributed by atoms with E-state index in [0.717, 1.165) is 17.4 Å². The van der Waals surface area contributed by atoms with Gasteiger partial charge in [-0.3, -0.25) is 4.79 Å². The first-order valence-corrected chi connectivity index (χ1v) is 8.92. The molecule has 4 rings (SSSR count). The van der Waals surface area contributed by atoms with Gasteiger partial charge in [0.25, 0.3) is 0 Å². The Hall–Kier alpha value is -2.61. The number of esters is 1. The molecule has 1 aliphatic carbocycles. The fourth-order valence-electron chi connectivity index (χ4n) is 4.00. The molecule has 0 spiro atoms. The van der Waals surface area contributed by atoms with Crippen molar-refractivity contribution in [1.82, 2.24) is 0 Å². The number of rotatable bonds is 4. The second-order valence-electron chi connectivity index (χ2n) is 7.00. The first-order chi connectivity index (χ1) is 12.2. The molecule has 0 amide bonds. The van der Waals surface area contributed by atoms with Gasteiger partial charge in [0.05, 0.1) is 5.92 Å². The van der Waals surface area contributed by atoms with Crippen LogP contribution in [0, 0.1) is 11.8 Å². The van der Waals surface area contributed by atoms with Gasteiger partial charge in [-0.2, -0.15) is 0 Å². The largest absolute Gasteiger partial charge is 0.461 e. The van der Waals surface area contributed by atoms with Gasteiger partial charge in [0, 0.05) is 0 Å². The van der Waals surface area contributed by atoms with E-state index in [2.05, 4.69) is 37.3 Å². The summed E-state index contributed by atoms with van der Waals surface area (Å²) in [7, 11) is 0. The normalized spacial score (nSPS) is 22.4. The predicted molar refractivity (Wildman–Crippen MR) is 100 cm³/mol. The molecule has 1 fully saturated rings. The SMILES string of the molecule is C[C@H]1CC(c2ccccc2)C1C(=O)OCc1cccc2ccccc12. The molecule has 0 bridgehead atoms. The van der Waals surface area contributed by atoms with E-state index in [9.17, 15) is 4.79 Å². The smallest absolute Gasteiger partial charge is 0.310 e. The molecule has 0 saturated heterocycles. The molecule has 0 radical (unpaired) electrons. The Morgan fingerprint density at radius 3 is 2.48 bits per heavy atom. The summed E-state index contributed by atoms with van der Waals surface area (Å²) in [5, 5.41) is 2.33. The van der Waals surface area contributed by atoms with Crippen molar-refractivity contribution in [2.75, 3.05) is 0 Å². The van der Waals surface area contributed by atoms with Gasteiger partial charge in [-0.1, -0.05) is 79.7 Å². The van der Waals surface area contributed by atoms with Crippen molar-refractivity contribution < 1.29 is 9.53 Å². The van der Waals surface area contributed by atoms with Gasteiger partial charge in [0.15, 0.2) is 0 Å². The monoisotopic (exact) mass is 330 g/mol. The highest BCUT2D eigenvalue weighted by Crippen LogP contribution is 2.47. The van der Waals surface area contributed by atoms with Crippen LogP contribution < -0.4 is 0 Å². The molecule has 1 saturated carbocycles. The van der Waals surface area contributed by atoms with Crippen LogP contribution in [0.2, 0.25) is 0 Å². The van der Waals surface area contributed by atoms with Crippen LogP contribution in [0.3, 0.4) is 0 Å². The summed E-state index contributed by atoms with van der Waals surface area (Å²) in [4.78, 5) is 12.7. The van der Waals surface area contributed by atoms with Crippen LogP contribution in [-0.2, 0) is 16.1 Å². The van der Waals surface area contributed by atoms with Crippen LogP contribution in [-0.4, -0.2) is 5.97 Å². The Morgan fingerprint density at radius 2 is 1.68 bits per heavy atom. The van der Waals surface area contributed by atoms with E-state index in [-0.39, 0.29) is 17.8 Å². The lowest BCUT2D eigenvalue weighted by molar-refractivity contribution is -0.157. The van der Waals surface area contributed by atoms with Crippen molar-refractivity contribution in [2.45, 2.75) is 25.9 Å². The Kier molecular flexibility index (Phi) is 4.27. The molecular formula is C23H22O2. The van der Waals surface area contributed by atoms with Crippen molar-refractivity contribution in [1.29, 1.82) is 0 Å². The fourth-order valence-corrected chi connectivity index (χ4v) is 4.00. The van der Waals surface area contributed by atoms with Crippen molar-refractivity contribution in [3.8, 4) is 0 Å². The summed E-state index contributed by atoms with van der Waals surface area (Å²) in [5.74, 6) is 0.569. The minimum absolute atomic E-state index is 0.0302. The van der Waals surface area contributed by atoms with Crippen LogP contribution >= 0.6 is 0 Å². The second-order valence-corrected chi connectivity index (χ2v) is 7.00. The highest BCUT2D eigenvalue weighted by atomic mass is 16.5. The summed E-state index contributed by atoms with van der Waals surface area (Å²) < 4.78 is 5.72. The van der Waals surface area contributed by atoms with E-state index in [1.807, 2.05) is 42.5 Å². The van der Waals surface area contributed by atoms with E-state index in [1.54, 1.807) is 0 Å². The van der Waals surface area contributed by atoms with E-state index in [4.69, 9.17) is 4.74 Å². The second kappa shape index (κ2) is 6.72. The molecular weight excluding hydrogens is 308 g/mol. The maximum atomic E-state index is 12.7. The maximum absolute atomic E-state index is 12.7. The molecule has 0 heterocycles. The average molecular weight is 330 g/mol. The molecule has 2 nitrogen and oxygen atoms in total. The minimum atomic E-state index is -0.0689. The summed E-state index contributed by atoms with van der Waals surface area (Å²) in [5.41, 5.74) is 2.31. The average Bonchev–Trinajstić information content (AvgIpc) is 2.65. The third kappa shape index (κ3) is 3.05. The third-order valence-electron chi connectivity index (χ3n) is 5.42. The van der Waals surface area contributed by atoms with Gasteiger partial charge in [-0.25, -0.2) is 0 Å². The van der Waals surface area contributed by atoms with Gasteiger partial charge < -0.3 is 4.74 Å². The van der Waals surface area contributed by atoms with Crippen LogP contribution in [0.25, 0.3) is 10.8 Å². The van der Waals surface area contributed by atoms with Crippen LogP contribution in [0.4, 0.5) is 0 Å². The van der Waals surface area contributed by atoms with Crippen molar-refractivity contribution >= 4 is 16.7 Å². The van der Waals surface area contributed by atoms with Crippen molar-refractivity contribution in [3.05, 3.63) is 83.9 Å². The maximum Gasteiger partial charge on any atom is 0.310 e. The summed E-state index contributed by atoms with van der Waals surface area (Å²) in [6.07, 6.45) is 1.05. The lowest BCUT2D eigenvalue weighted by atomic mass is 9.63. The summed E-state index contributed by atoms with van der Waals surface area (Å²) in [6.45, 7) is 2.48. The number of carbonyl (C=O) groups excluding carboxylic acids is 1. The minimum Gasteiger partial charge on any atom is -0.461 e. The van der Waals surface area contributed by atoms with Crippen molar-refractivity contribution in [3.63, 3.8) is 0 Å². The zero-order valence-electron chi connectivity index (χ0n) is 14.4. The molecule has 0 aliphatic heterocycles. The first-order valence-electron chi connectivity index (χ1n) is 8.92. The molecule has 3 atom stereocenters. The van der Waals surface area contributed by atoms with Crippen LogP contribution in [0.1, 0.15) is 30.4 Å². The van der Waals surface area contributed by atoms with E-state index < -0.39 is 0 Å². The zero-order valence-corrected chi connectivity index (χ0v) is 14.4. The Labute approximate surface area is 148 Å². The van der Waals surface area contributed by atoms with E-state index in [0.29, 0.717) is 12.5 Å². The number of hydrogen-bond acceptors (Lipinski definition) is 2. The fraction of sp³-hybridized carbons (Fsp3) is 0.261. The number of fused-ring (bicyclic) bond motifs is 1. The first kappa shape index (κ1) is 15.9. The number of benzene rings is 3. The third-order valence-corrected chi connectivity index (χ3v) is 5.42. The van der Waals surface area contributed by atoms with Gasteiger partial charge in [-0.15, -0.1) is 0 Å². The lowest BCUT2D eigenvalue weighted by Gasteiger charge is -2.41. The molecule has 3 aromatic rings. The molecule has 1 aliphatic rings. The van der Waals surface area contributed by atoms with Crippen LogP contribution in [0.5, 0.6) is 0 Å². The molecule has 2 unspecified atom stereocenters. The Morgan fingerprint density at radius 1 is 0.960 bits per heavy atom. The lowest BCUT2D eigenvalue weighted by Crippen LogP contribution is -2.40. The van der Waals surface area contributed by atoms with Gasteiger partial charge in [-0.05, 0) is 40.2 Å². The molecule has 25 heavy (non-hydrogen) atoms. The summed E-state index contributed by atoms with van der Waals surface area (Å²) in [6, 6.07) is 24.7. The highest BCUT2D eigenvalue weighted by molar-refractivity contribution is 5.85. The van der Waals surface area contributed by atoms with E-state index >= 15 is 0 Å². The standard InChI is InChI=1S/C23H22O2/c1-16-14-21(18-8-3-2-4-9-18)22(16)23(24)25-15-19-12-7-11-17-10-5-6-13-20(17)19/h2-13,16,21-22H,14-15H2,1H3/t16-,21?,22?/m0/s1. The molecule has 0 aromatic heterocycles. The molecule has 0 N–H and O–H groups in total. The Balaban J connectivity index is 1.48. The number of ether oxygens (including phenoxy) is 1. The number of hydrogen-bond donors (Lipinski definition) is 0. The number of carbonyl (C=O) groups is 1. The summed E-state index contributed by atoms with van der Waals surface area (Å²) >= 11 is 0. The van der Waals surface area contributed by atoms with Gasteiger partial charge >= 0.3 is 5.97 Å². The van der Waals surface area contributed by atoms with Crippen molar-refractivity contribution in [2.24, 2.45) is 11.8 Å². The quantitative estimate of drug-likeness (QED) is 0.605. The van der Waals surface area contributed by atoms with E-state index in [1.165, 1.54) is 10.9 Å². The Bertz CT molecular complexity index is 879. The topological polar surface area (TPSA) is 26.3 Å².